The Morgan fingerprint density at radius 1 is 1.25 bits per heavy atom. The van der Waals surface area contributed by atoms with Crippen molar-refractivity contribution < 1.29 is 21.9 Å². The van der Waals surface area contributed by atoms with Crippen LogP contribution in [0.1, 0.15) is 33.1 Å². The number of hydrogen-bond donors (Lipinski definition) is 0. The van der Waals surface area contributed by atoms with Crippen LogP contribution < -0.4 is 0 Å². The van der Waals surface area contributed by atoms with E-state index >= 15 is 0 Å². The first-order valence-electron chi connectivity index (χ1n) is 10.0. The van der Waals surface area contributed by atoms with Crippen LogP contribution in [0, 0.1) is 11.3 Å². The summed E-state index contributed by atoms with van der Waals surface area (Å²) in [4.78, 5) is 6.32. The lowest BCUT2D eigenvalue weighted by Gasteiger charge is -2.60. The molecule has 0 N–H and O–H groups in total. The normalized spacial score (nSPS) is 29.8. The molecule has 4 aliphatic heterocycles. The van der Waals surface area contributed by atoms with Gasteiger partial charge >= 0.3 is 0 Å². The predicted octanol–water partition coefficient (Wildman–Crippen LogP) is 2.13. The molecule has 0 radical (unpaired) electrons. The number of halogens is 2. The van der Waals surface area contributed by atoms with Gasteiger partial charge in [-0.3, -0.25) is 4.99 Å². The number of likely N-dealkylation sites (tertiary alicyclic amines) is 1. The maximum Gasteiger partial charge on any atom is 0.286 e. The number of hydrogen-bond acceptors (Lipinski definition) is 5. The number of rotatable bonds is 5. The molecule has 0 aromatic carbocycles. The van der Waals surface area contributed by atoms with Crippen molar-refractivity contribution in [2.75, 3.05) is 45.9 Å². The van der Waals surface area contributed by atoms with Gasteiger partial charge in [-0.05, 0) is 32.1 Å². The van der Waals surface area contributed by atoms with Gasteiger partial charge in [0.15, 0.2) is 0 Å². The number of ether oxygens (including phenoxy) is 1. The molecule has 4 aliphatic rings. The minimum absolute atomic E-state index is 0.0653. The predicted molar refractivity (Wildman–Crippen MR) is 103 cm³/mol. The fourth-order valence-electron chi connectivity index (χ4n) is 4.90. The van der Waals surface area contributed by atoms with Gasteiger partial charge in [0, 0.05) is 64.0 Å². The molecule has 0 saturated carbocycles. The molecule has 28 heavy (non-hydrogen) atoms. The summed E-state index contributed by atoms with van der Waals surface area (Å²) in [5.74, 6) is -2.36. The van der Waals surface area contributed by atoms with Crippen molar-refractivity contribution in [1.82, 2.24) is 9.21 Å². The Morgan fingerprint density at radius 3 is 2.46 bits per heavy atom. The third-order valence-corrected chi connectivity index (χ3v) is 8.69. The van der Waals surface area contributed by atoms with E-state index in [1.54, 1.807) is 0 Å². The molecule has 0 amide bonds. The lowest BCUT2D eigenvalue weighted by atomic mass is 9.74. The summed E-state index contributed by atoms with van der Waals surface area (Å²) >= 11 is 0. The average Bonchev–Trinajstić information content (AvgIpc) is 2.55. The van der Waals surface area contributed by atoms with Crippen molar-refractivity contribution in [3.63, 3.8) is 0 Å². The molecule has 0 aromatic rings. The van der Waals surface area contributed by atoms with Gasteiger partial charge in [-0.25, -0.2) is 8.42 Å². The molecule has 9 heteroatoms. The van der Waals surface area contributed by atoms with Crippen molar-refractivity contribution in [3.8, 4) is 0 Å². The highest BCUT2D eigenvalue weighted by atomic mass is 32.2. The molecule has 0 bridgehead atoms. The minimum Gasteiger partial charge on any atom is -0.381 e. The molecule has 3 saturated heterocycles. The Morgan fingerprint density at radius 2 is 1.89 bits per heavy atom. The molecule has 1 atom stereocenters. The van der Waals surface area contributed by atoms with Crippen molar-refractivity contribution in [1.29, 1.82) is 0 Å². The maximum absolute atomic E-state index is 13.5. The SMILES string of the molecule is CC1=NC(C(C)(F)F)=CCC1S(=O)(=O)N1CC2(CN(CC3CCOCC3)C2)C1. The molecule has 4 heterocycles. The number of alkyl halides is 2. The smallest absolute Gasteiger partial charge is 0.286 e. The summed E-state index contributed by atoms with van der Waals surface area (Å²) < 4.78 is 59.8. The Balaban J connectivity index is 1.30. The van der Waals surface area contributed by atoms with Crippen molar-refractivity contribution in [2.45, 2.75) is 44.3 Å². The van der Waals surface area contributed by atoms with E-state index in [0.29, 0.717) is 19.0 Å². The van der Waals surface area contributed by atoms with Crippen LogP contribution in [-0.2, 0) is 14.8 Å². The second-order valence-electron chi connectivity index (χ2n) is 8.99. The fourth-order valence-corrected chi connectivity index (χ4v) is 6.99. The van der Waals surface area contributed by atoms with E-state index in [1.807, 2.05) is 0 Å². The van der Waals surface area contributed by atoms with E-state index < -0.39 is 21.2 Å². The van der Waals surface area contributed by atoms with E-state index in [1.165, 1.54) is 17.3 Å². The van der Waals surface area contributed by atoms with Gasteiger partial charge in [0.25, 0.3) is 5.92 Å². The quantitative estimate of drug-likeness (QED) is 0.688. The molecule has 1 spiro atoms. The Hall–Kier alpha value is -0.900. The monoisotopic (exact) mass is 417 g/mol. The van der Waals surface area contributed by atoms with Crippen LogP contribution >= 0.6 is 0 Å². The van der Waals surface area contributed by atoms with Crippen LogP contribution in [0.3, 0.4) is 0 Å². The highest BCUT2D eigenvalue weighted by Crippen LogP contribution is 2.43. The Kier molecular flexibility index (Phi) is 5.17. The first-order chi connectivity index (χ1) is 13.1. The largest absolute Gasteiger partial charge is 0.381 e. The summed E-state index contributed by atoms with van der Waals surface area (Å²) in [6.07, 6.45) is 3.55. The summed E-state index contributed by atoms with van der Waals surface area (Å²) in [5, 5.41) is -0.825. The third kappa shape index (κ3) is 3.78. The summed E-state index contributed by atoms with van der Waals surface area (Å²) in [7, 11) is -3.56. The van der Waals surface area contributed by atoms with Crippen LogP contribution in [0.4, 0.5) is 8.78 Å². The number of aliphatic imine (C=N–C) groups is 1. The van der Waals surface area contributed by atoms with Gasteiger partial charge in [0.2, 0.25) is 10.0 Å². The van der Waals surface area contributed by atoms with E-state index in [-0.39, 0.29) is 23.2 Å². The maximum atomic E-state index is 13.5. The molecular formula is C19H29F2N3O3S. The van der Waals surface area contributed by atoms with Gasteiger partial charge in [-0.2, -0.15) is 13.1 Å². The lowest BCUT2D eigenvalue weighted by Crippen LogP contribution is -2.73. The molecule has 1 unspecified atom stereocenters. The molecule has 158 valence electrons. The van der Waals surface area contributed by atoms with Crippen molar-refractivity contribution in [2.24, 2.45) is 16.3 Å². The van der Waals surface area contributed by atoms with Crippen molar-refractivity contribution >= 4 is 15.7 Å². The number of allylic oxidation sites excluding steroid dienone is 2. The summed E-state index contributed by atoms with van der Waals surface area (Å²) in [5.41, 5.74) is 0.00378. The van der Waals surface area contributed by atoms with Crippen LogP contribution in [0.15, 0.2) is 16.8 Å². The van der Waals surface area contributed by atoms with Crippen LogP contribution in [-0.4, -0.2) is 80.4 Å². The van der Waals surface area contributed by atoms with Crippen LogP contribution in [0.2, 0.25) is 0 Å². The highest BCUT2D eigenvalue weighted by Gasteiger charge is 2.56. The topological polar surface area (TPSA) is 62.2 Å². The molecule has 3 fully saturated rings. The fraction of sp³-hybridized carbons (Fsp3) is 0.842. The summed E-state index contributed by atoms with van der Waals surface area (Å²) in [6.45, 7) is 8.04. The lowest BCUT2D eigenvalue weighted by molar-refractivity contribution is -0.0913. The van der Waals surface area contributed by atoms with Gasteiger partial charge in [0.05, 0.1) is 0 Å². The molecule has 0 aromatic heterocycles. The van der Waals surface area contributed by atoms with Gasteiger partial charge in [0.1, 0.15) is 10.9 Å². The molecule has 6 nitrogen and oxygen atoms in total. The Bertz CT molecular complexity index is 771. The number of nitrogens with zero attached hydrogens (tertiary/aromatic N) is 3. The zero-order valence-electron chi connectivity index (χ0n) is 16.5. The highest BCUT2D eigenvalue weighted by molar-refractivity contribution is 7.90. The zero-order valence-corrected chi connectivity index (χ0v) is 17.4. The standard InChI is InChI=1S/C19H29F2N3O3S/c1-14-16(3-4-17(22-14)18(2,20)21)28(25,26)24-12-19(13-24)10-23(11-19)9-15-5-7-27-8-6-15/h4,15-16H,3,5-13H2,1-2H3. The summed E-state index contributed by atoms with van der Waals surface area (Å²) in [6, 6.07) is 0. The molecular weight excluding hydrogens is 388 g/mol. The van der Waals surface area contributed by atoms with Gasteiger partial charge in [-0.1, -0.05) is 6.08 Å². The Labute approximate surface area is 165 Å². The zero-order chi connectivity index (χ0) is 20.2. The van der Waals surface area contributed by atoms with Gasteiger partial charge in [-0.15, -0.1) is 0 Å². The van der Waals surface area contributed by atoms with Crippen molar-refractivity contribution in [3.05, 3.63) is 11.8 Å². The van der Waals surface area contributed by atoms with E-state index in [2.05, 4.69) is 9.89 Å². The number of sulfonamides is 1. The van der Waals surface area contributed by atoms with E-state index in [4.69, 9.17) is 4.74 Å². The first kappa shape index (κ1) is 20.4. The second kappa shape index (κ2) is 7.11. The van der Waals surface area contributed by atoms with E-state index in [9.17, 15) is 17.2 Å². The van der Waals surface area contributed by atoms with Gasteiger partial charge < -0.3 is 9.64 Å². The second-order valence-corrected chi connectivity index (χ2v) is 11.1. The average molecular weight is 418 g/mol. The van der Waals surface area contributed by atoms with Crippen LogP contribution in [0.25, 0.3) is 0 Å². The van der Waals surface area contributed by atoms with E-state index in [0.717, 1.165) is 52.6 Å². The van der Waals surface area contributed by atoms with Crippen LogP contribution in [0.5, 0.6) is 0 Å². The third-order valence-electron chi connectivity index (χ3n) is 6.46. The minimum atomic E-state index is -3.56. The molecule has 4 rings (SSSR count). The first-order valence-corrected chi connectivity index (χ1v) is 11.5. The molecule has 0 aliphatic carbocycles.